The lowest BCUT2D eigenvalue weighted by molar-refractivity contribution is 0.561. The molecule has 0 N–H and O–H groups in total. The molecule has 2 heterocycles. The fourth-order valence-electron chi connectivity index (χ4n) is 2.66. The maximum absolute atomic E-state index is 12.9. The summed E-state index contributed by atoms with van der Waals surface area (Å²) in [6, 6.07) is 6.56. The molecular formula is C15H20ClFN4. The molecule has 1 fully saturated rings. The Morgan fingerprint density at radius 3 is 2.38 bits per heavy atom. The zero-order chi connectivity index (χ0) is 13.9. The van der Waals surface area contributed by atoms with Crippen LogP contribution in [0.1, 0.15) is 30.7 Å². The number of hydrogen-bond acceptors (Lipinski definition) is 3. The fraction of sp³-hybridized carbons (Fsp3) is 0.467. The summed E-state index contributed by atoms with van der Waals surface area (Å²) < 4.78 is 15.0. The third-order valence-corrected chi connectivity index (χ3v) is 3.86. The van der Waals surface area contributed by atoms with E-state index in [1.807, 2.05) is 7.05 Å². The summed E-state index contributed by atoms with van der Waals surface area (Å²) in [5.41, 5.74) is 1.05. The normalized spacial score (nSPS) is 14.9. The number of hydrogen-bond donors (Lipinski definition) is 0. The molecule has 0 bridgehead atoms. The van der Waals surface area contributed by atoms with Crippen molar-refractivity contribution in [3.05, 3.63) is 41.5 Å². The van der Waals surface area contributed by atoms with Gasteiger partial charge >= 0.3 is 0 Å². The van der Waals surface area contributed by atoms with Crippen molar-refractivity contribution in [2.75, 3.05) is 18.0 Å². The standard InChI is InChI=1S/C15H19FN4.ClH/c1-19-14(11-12-5-7-13(16)8-6-12)17-18-15(19)20-9-3-2-4-10-20;/h5-8H,2-4,9-11H2,1H3;1H. The number of halogens is 2. The summed E-state index contributed by atoms with van der Waals surface area (Å²) in [7, 11) is 2.00. The Morgan fingerprint density at radius 2 is 1.71 bits per heavy atom. The smallest absolute Gasteiger partial charge is 0.226 e. The zero-order valence-electron chi connectivity index (χ0n) is 12.1. The highest BCUT2D eigenvalue weighted by atomic mass is 35.5. The quantitative estimate of drug-likeness (QED) is 0.874. The Hall–Kier alpha value is -1.62. The van der Waals surface area contributed by atoms with E-state index in [4.69, 9.17) is 0 Å². The maximum atomic E-state index is 12.9. The molecule has 1 aromatic carbocycles. The van der Waals surface area contributed by atoms with E-state index in [2.05, 4.69) is 19.7 Å². The highest BCUT2D eigenvalue weighted by molar-refractivity contribution is 5.85. The van der Waals surface area contributed by atoms with E-state index < -0.39 is 0 Å². The monoisotopic (exact) mass is 310 g/mol. The first kappa shape index (κ1) is 15.8. The summed E-state index contributed by atoms with van der Waals surface area (Å²) in [5, 5.41) is 8.60. The van der Waals surface area contributed by atoms with Gasteiger partial charge in [-0.2, -0.15) is 0 Å². The van der Waals surface area contributed by atoms with E-state index in [1.54, 1.807) is 12.1 Å². The van der Waals surface area contributed by atoms with Crippen molar-refractivity contribution >= 4 is 18.4 Å². The number of aromatic nitrogens is 3. The number of benzene rings is 1. The van der Waals surface area contributed by atoms with Gasteiger partial charge in [-0.1, -0.05) is 12.1 Å². The molecule has 0 unspecified atom stereocenters. The van der Waals surface area contributed by atoms with Gasteiger partial charge in [0, 0.05) is 26.6 Å². The third-order valence-electron chi connectivity index (χ3n) is 3.86. The first-order chi connectivity index (χ1) is 9.74. The fourth-order valence-corrected chi connectivity index (χ4v) is 2.66. The Labute approximate surface area is 130 Å². The molecule has 1 aliphatic rings. The summed E-state index contributed by atoms with van der Waals surface area (Å²) in [5.74, 6) is 1.65. The van der Waals surface area contributed by atoms with Crippen LogP contribution in [0.2, 0.25) is 0 Å². The van der Waals surface area contributed by atoms with Crippen LogP contribution in [0.3, 0.4) is 0 Å². The second-order valence-electron chi connectivity index (χ2n) is 5.33. The number of nitrogens with zero attached hydrogens (tertiary/aromatic N) is 4. The molecule has 21 heavy (non-hydrogen) atoms. The van der Waals surface area contributed by atoms with Crippen LogP contribution in [0.4, 0.5) is 10.3 Å². The van der Waals surface area contributed by atoms with Crippen LogP contribution < -0.4 is 4.90 Å². The van der Waals surface area contributed by atoms with Gasteiger partial charge in [-0.05, 0) is 37.0 Å². The van der Waals surface area contributed by atoms with Crippen LogP contribution in [-0.4, -0.2) is 27.9 Å². The molecule has 6 heteroatoms. The number of piperidine rings is 1. The van der Waals surface area contributed by atoms with Crippen LogP contribution in [-0.2, 0) is 13.5 Å². The largest absolute Gasteiger partial charge is 0.341 e. The van der Waals surface area contributed by atoms with Crippen LogP contribution in [0.25, 0.3) is 0 Å². The van der Waals surface area contributed by atoms with E-state index in [0.29, 0.717) is 6.42 Å². The summed E-state index contributed by atoms with van der Waals surface area (Å²) in [6.07, 6.45) is 4.43. The van der Waals surface area contributed by atoms with Gasteiger partial charge in [0.15, 0.2) is 0 Å². The van der Waals surface area contributed by atoms with Gasteiger partial charge in [0.1, 0.15) is 11.6 Å². The lowest BCUT2D eigenvalue weighted by atomic mass is 10.1. The van der Waals surface area contributed by atoms with Gasteiger partial charge in [0.05, 0.1) is 0 Å². The Balaban J connectivity index is 0.00000161. The highest BCUT2D eigenvalue weighted by Gasteiger charge is 2.17. The van der Waals surface area contributed by atoms with Crippen molar-refractivity contribution in [1.82, 2.24) is 14.8 Å². The van der Waals surface area contributed by atoms with E-state index in [-0.39, 0.29) is 18.2 Å². The zero-order valence-corrected chi connectivity index (χ0v) is 12.9. The van der Waals surface area contributed by atoms with E-state index >= 15 is 0 Å². The molecule has 0 spiro atoms. The topological polar surface area (TPSA) is 34.0 Å². The minimum absolute atomic E-state index is 0. The minimum Gasteiger partial charge on any atom is -0.341 e. The first-order valence-corrected chi connectivity index (χ1v) is 7.12. The summed E-state index contributed by atoms with van der Waals surface area (Å²) in [6.45, 7) is 2.12. The van der Waals surface area contributed by atoms with Crippen LogP contribution in [0, 0.1) is 5.82 Å². The molecular weight excluding hydrogens is 291 g/mol. The molecule has 114 valence electrons. The number of rotatable bonds is 3. The van der Waals surface area contributed by atoms with Crippen molar-refractivity contribution in [2.45, 2.75) is 25.7 Å². The SMILES string of the molecule is Cl.Cn1c(Cc2ccc(F)cc2)nnc1N1CCCCC1. The molecule has 1 saturated heterocycles. The lowest BCUT2D eigenvalue weighted by Crippen LogP contribution is -2.31. The summed E-state index contributed by atoms with van der Waals surface area (Å²) >= 11 is 0. The van der Waals surface area contributed by atoms with Gasteiger partial charge < -0.3 is 9.47 Å². The van der Waals surface area contributed by atoms with E-state index in [1.165, 1.54) is 31.4 Å². The highest BCUT2D eigenvalue weighted by Crippen LogP contribution is 2.19. The van der Waals surface area contributed by atoms with Gasteiger partial charge in [0.25, 0.3) is 0 Å². The van der Waals surface area contributed by atoms with Crippen molar-refractivity contribution in [2.24, 2.45) is 7.05 Å². The molecule has 1 aliphatic heterocycles. The molecule has 2 aromatic rings. The first-order valence-electron chi connectivity index (χ1n) is 7.12. The van der Waals surface area contributed by atoms with Crippen LogP contribution in [0.5, 0.6) is 0 Å². The van der Waals surface area contributed by atoms with Gasteiger partial charge in [-0.3, -0.25) is 0 Å². The van der Waals surface area contributed by atoms with Gasteiger partial charge in [-0.25, -0.2) is 4.39 Å². The second kappa shape index (κ2) is 6.89. The summed E-state index contributed by atoms with van der Waals surface area (Å²) in [4.78, 5) is 2.30. The average Bonchev–Trinajstić information content (AvgIpc) is 2.84. The third kappa shape index (κ3) is 3.53. The Morgan fingerprint density at radius 1 is 1.05 bits per heavy atom. The number of anilines is 1. The molecule has 4 nitrogen and oxygen atoms in total. The average molecular weight is 311 g/mol. The van der Waals surface area contributed by atoms with Crippen molar-refractivity contribution in [1.29, 1.82) is 0 Å². The molecule has 0 radical (unpaired) electrons. The predicted molar refractivity (Wildman–Crippen MR) is 83.5 cm³/mol. The van der Waals surface area contributed by atoms with Gasteiger partial charge in [-0.15, -0.1) is 22.6 Å². The van der Waals surface area contributed by atoms with E-state index in [0.717, 1.165) is 30.4 Å². The minimum atomic E-state index is -0.208. The Bertz CT molecular complexity index is 576. The molecule has 0 amide bonds. The molecule has 0 atom stereocenters. The second-order valence-corrected chi connectivity index (χ2v) is 5.33. The van der Waals surface area contributed by atoms with Crippen molar-refractivity contribution in [3.63, 3.8) is 0 Å². The van der Waals surface area contributed by atoms with Crippen LogP contribution in [0.15, 0.2) is 24.3 Å². The van der Waals surface area contributed by atoms with Crippen molar-refractivity contribution < 1.29 is 4.39 Å². The molecule has 3 rings (SSSR count). The van der Waals surface area contributed by atoms with E-state index in [9.17, 15) is 4.39 Å². The predicted octanol–water partition coefficient (Wildman–Crippen LogP) is 2.96. The lowest BCUT2D eigenvalue weighted by Gasteiger charge is -2.27. The molecule has 0 aliphatic carbocycles. The van der Waals surface area contributed by atoms with Crippen LogP contribution >= 0.6 is 12.4 Å². The Kier molecular flexibility index (Phi) is 5.17. The van der Waals surface area contributed by atoms with Gasteiger partial charge in [0.2, 0.25) is 5.95 Å². The van der Waals surface area contributed by atoms with Crippen molar-refractivity contribution in [3.8, 4) is 0 Å². The maximum Gasteiger partial charge on any atom is 0.226 e. The molecule has 0 saturated carbocycles. The molecule has 1 aromatic heterocycles.